The van der Waals surface area contributed by atoms with Gasteiger partial charge in [0, 0.05) is 10.9 Å². The molecule has 2 aromatic rings. The summed E-state index contributed by atoms with van der Waals surface area (Å²) in [4.78, 5) is 1.07. The molecule has 0 saturated carbocycles. The lowest BCUT2D eigenvalue weighted by Gasteiger charge is -2.04. The third-order valence-corrected chi connectivity index (χ3v) is 2.87. The molecule has 0 aliphatic heterocycles. The van der Waals surface area contributed by atoms with Gasteiger partial charge < -0.3 is 4.74 Å². The van der Waals surface area contributed by atoms with E-state index in [4.69, 9.17) is 10.00 Å². The fraction of sp³-hybridized carbons (Fsp3) is 0.0833. The van der Waals surface area contributed by atoms with Gasteiger partial charge in [0.1, 0.15) is 24.2 Å². The lowest BCUT2D eigenvalue weighted by Crippen LogP contribution is -1.94. The summed E-state index contributed by atoms with van der Waals surface area (Å²) in [5.41, 5.74) is 0.0310. The highest BCUT2D eigenvalue weighted by Crippen LogP contribution is 2.18. The quantitative estimate of drug-likeness (QED) is 0.814. The van der Waals surface area contributed by atoms with Crippen LogP contribution in [0.2, 0.25) is 0 Å². The van der Waals surface area contributed by atoms with Crippen LogP contribution in [0, 0.1) is 17.1 Å². The number of nitriles is 1. The van der Waals surface area contributed by atoms with Crippen LogP contribution in [0.3, 0.4) is 0 Å². The summed E-state index contributed by atoms with van der Waals surface area (Å²) in [7, 11) is 0. The minimum absolute atomic E-state index is 0.0310. The molecule has 4 heteroatoms. The van der Waals surface area contributed by atoms with Crippen LogP contribution in [0.5, 0.6) is 5.75 Å². The van der Waals surface area contributed by atoms with E-state index >= 15 is 0 Å². The number of thiophene rings is 1. The number of rotatable bonds is 3. The fourth-order valence-electron chi connectivity index (χ4n) is 1.23. The molecule has 1 heterocycles. The Hall–Kier alpha value is -1.86. The smallest absolute Gasteiger partial charge is 0.144 e. The van der Waals surface area contributed by atoms with E-state index in [1.807, 2.05) is 17.5 Å². The van der Waals surface area contributed by atoms with E-state index < -0.39 is 5.82 Å². The molecule has 1 aromatic heterocycles. The molecule has 0 aliphatic carbocycles. The lowest BCUT2D eigenvalue weighted by molar-refractivity contribution is 0.308. The summed E-state index contributed by atoms with van der Waals surface area (Å²) in [6.45, 7) is 0.420. The summed E-state index contributed by atoms with van der Waals surface area (Å²) in [5, 5.41) is 10.5. The Labute approximate surface area is 96.5 Å². The van der Waals surface area contributed by atoms with Gasteiger partial charge in [-0.1, -0.05) is 6.07 Å². The van der Waals surface area contributed by atoms with Crippen LogP contribution in [0.15, 0.2) is 35.7 Å². The Morgan fingerprint density at radius 3 is 2.88 bits per heavy atom. The molecular formula is C12H8FNOS. The number of halogens is 1. The lowest BCUT2D eigenvalue weighted by atomic mass is 10.2. The Balaban J connectivity index is 2.06. The van der Waals surface area contributed by atoms with E-state index in [1.54, 1.807) is 23.5 Å². The SMILES string of the molecule is N#Cc1ccc(OCc2cccs2)cc1F. The van der Waals surface area contributed by atoms with Crippen LogP contribution in [-0.2, 0) is 6.61 Å². The maximum absolute atomic E-state index is 13.2. The van der Waals surface area contributed by atoms with Crippen molar-refractivity contribution in [1.29, 1.82) is 5.26 Å². The van der Waals surface area contributed by atoms with E-state index in [9.17, 15) is 4.39 Å². The van der Waals surface area contributed by atoms with Crippen LogP contribution in [0.1, 0.15) is 10.4 Å². The summed E-state index contributed by atoms with van der Waals surface area (Å²) in [5.74, 6) is -0.115. The van der Waals surface area contributed by atoms with Gasteiger partial charge in [-0.3, -0.25) is 0 Å². The first kappa shape index (κ1) is 10.7. The molecule has 0 saturated heterocycles. The van der Waals surface area contributed by atoms with E-state index in [0.29, 0.717) is 12.4 Å². The van der Waals surface area contributed by atoms with Gasteiger partial charge in [-0.25, -0.2) is 4.39 Å². The maximum atomic E-state index is 13.2. The summed E-state index contributed by atoms with van der Waals surface area (Å²) < 4.78 is 18.6. The van der Waals surface area contributed by atoms with Gasteiger partial charge in [-0.05, 0) is 23.6 Å². The molecule has 0 fully saturated rings. The molecule has 0 spiro atoms. The zero-order chi connectivity index (χ0) is 11.4. The van der Waals surface area contributed by atoms with Crippen molar-refractivity contribution in [2.75, 3.05) is 0 Å². The second kappa shape index (κ2) is 4.77. The molecule has 0 unspecified atom stereocenters. The van der Waals surface area contributed by atoms with Crippen molar-refractivity contribution in [1.82, 2.24) is 0 Å². The first-order valence-electron chi connectivity index (χ1n) is 4.64. The second-order valence-electron chi connectivity index (χ2n) is 3.12. The molecule has 0 aliphatic rings. The normalized spacial score (nSPS) is 9.75. The van der Waals surface area contributed by atoms with Crippen molar-refractivity contribution in [3.63, 3.8) is 0 Å². The average Bonchev–Trinajstić information content (AvgIpc) is 2.79. The zero-order valence-electron chi connectivity index (χ0n) is 8.31. The number of hydrogen-bond acceptors (Lipinski definition) is 3. The molecule has 2 rings (SSSR count). The number of hydrogen-bond donors (Lipinski definition) is 0. The molecule has 0 N–H and O–H groups in total. The highest BCUT2D eigenvalue weighted by atomic mass is 32.1. The van der Waals surface area contributed by atoms with Gasteiger partial charge in [0.2, 0.25) is 0 Å². The molecule has 0 bridgehead atoms. The van der Waals surface area contributed by atoms with Gasteiger partial charge in [0.25, 0.3) is 0 Å². The van der Waals surface area contributed by atoms with Crippen molar-refractivity contribution >= 4 is 11.3 Å². The third-order valence-electron chi connectivity index (χ3n) is 2.02. The maximum Gasteiger partial charge on any atom is 0.144 e. The first-order chi connectivity index (χ1) is 7.79. The molecule has 80 valence electrons. The topological polar surface area (TPSA) is 33.0 Å². The predicted octanol–water partition coefficient (Wildman–Crippen LogP) is 3.34. The molecule has 1 aromatic carbocycles. The molecule has 2 nitrogen and oxygen atoms in total. The Bertz CT molecular complexity index is 516. The van der Waals surface area contributed by atoms with Crippen LogP contribution in [0.4, 0.5) is 4.39 Å². The van der Waals surface area contributed by atoms with Gasteiger partial charge in [0.05, 0.1) is 5.56 Å². The standard InChI is InChI=1S/C12H8FNOS/c13-12-6-10(4-3-9(12)7-14)15-8-11-2-1-5-16-11/h1-6H,8H2. The van der Waals surface area contributed by atoms with Gasteiger partial charge in [-0.2, -0.15) is 5.26 Å². The van der Waals surface area contributed by atoms with Crippen molar-refractivity contribution in [2.24, 2.45) is 0 Å². The highest BCUT2D eigenvalue weighted by molar-refractivity contribution is 7.09. The first-order valence-corrected chi connectivity index (χ1v) is 5.52. The number of nitrogens with zero attached hydrogens (tertiary/aromatic N) is 1. The van der Waals surface area contributed by atoms with Crippen molar-refractivity contribution in [3.8, 4) is 11.8 Å². The predicted molar refractivity (Wildman–Crippen MR) is 59.8 cm³/mol. The zero-order valence-corrected chi connectivity index (χ0v) is 9.13. The highest BCUT2D eigenvalue weighted by Gasteiger charge is 2.03. The van der Waals surface area contributed by atoms with Gasteiger partial charge in [0.15, 0.2) is 0 Å². The molecular weight excluding hydrogens is 225 g/mol. The molecule has 16 heavy (non-hydrogen) atoms. The average molecular weight is 233 g/mol. The van der Waals surface area contributed by atoms with E-state index in [-0.39, 0.29) is 5.56 Å². The van der Waals surface area contributed by atoms with E-state index in [2.05, 4.69) is 0 Å². The minimum atomic E-state index is -0.550. The van der Waals surface area contributed by atoms with Crippen molar-refractivity contribution in [2.45, 2.75) is 6.61 Å². The molecule has 0 amide bonds. The van der Waals surface area contributed by atoms with Crippen molar-refractivity contribution < 1.29 is 9.13 Å². The second-order valence-corrected chi connectivity index (χ2v) is 4.15. The third kappa shape index (κ3) is 2.38. The summed E-state index contributed by atoms with van der Waals surface area (Å²) in [6, 6.07) is 9.88. The summed E-state index contributed by atoms with van der Waals surface area (Å²) >= 11 is 1.58. The monoisotopic (exact) mass is 233 g/mol. The van der Waals surface area contributed by atoms with Crippen LogP contribution in [0.25, 0.3) is 0 Å². The Morgan fingerprint density at radius 1 is 1.38 bits per heavy atom. The van der Waals surface area contributed by atoms with Gasteiger partial charge >= 0.3 is 0 Å². The fourth-order valence-corrected chi connectivity index (χ4v) is 1.84. The largest absolute Gasteiger partial charge is 0.488 e. The van der Waals surface area contributed by atoms with E-state index in [1.165, 1.54) is 12.1 Å². The van der Waals surface area contributed by atoms with E-state index in [0.717, 1.165) is 4.88 Å². The molecule has 0 radical (unpaired) electrons. The van der Waals surface area contributed by atoms with Crippen LogP contribution >= 0.6 is 11.3 Å². The van der Waals surface area contributed by atoms with Crippen molar-refractivity contribution in [3.05, 3.63) is 52.0 Å². The Morgan fingerprint density at radius 2 is 2.25 bits per heavy atom. The Kier molecular flexibility index (Phi) is 3.18. The summed E-state index contributed by atoms with van der Waals surface area (Å²) in [6.07, 6.45) is 0. The molecule has 0 atom stereocenters. The van der Waals surface area contributed by atoms with Gasteiger partial charge in [-0.15, -0.1) is 11.3 Å². The minimum Gasteiger partial charge on any atom is -0.488 e. The number of ether oxygens (including phenoxy) is 1. The van der Waals surface area contributed by atoms with Crippen LogP contribution < -0.4 is 4.74 Å². The number of benzene rings is 1. The van der Waals surface area contributed by atoms with Crippen LogP contribution in [-0.4, -0.2) is 0 Å².